The summed E-state index contributed by atoms with van der Waals surface area (Å²) < 4.78 is 27.8. The minimum atomic E-state index is -3.73. The second-order valence-corrected chi connectivity index (χ2v) is 7.74. The highest BCUT2D eigenvalue weighted by molar-refractivity contribution is 7.92. The summed E-state index contributed by atoms with van der Waals surface area (Å²) in [5, 5.41) is 0. The van der Waals surface area contributed by atoms with Gasteiger partial charge < -0.3 is 4.90 Å². The highest BCUT2D eigenvalue weighted by Crippen LogP contribution is 2.30. The van der Waals surface area contributed by atoms with Gasteiger partial charge in [0.1, 0.15) is 0 Å². The number of carbonyl (C=O) groups excluding carboxylic acids is 1. The topological polar surface area (TPSA) is 66.5 Å². The minimum Gasteiger partial charge on any atom is -0.374 e. The quantitative estimate of drug-likeness (QED) is 0.866. The Morgan fingerprint density at radius 3 is 2.71 bits per heavy atom. The van der Waals surface area contributed by atoms with Gasteiger partial charge >= 0.3 is 0 Å². The van der Waals surface area contributed by atoms with Gasteiger partial charge in [0, 0.05) is 24.8 Å². The molecule has 0 aliphatic carbocycles. The van der Waals surface area contributed by atoms with E-state index in [1.54, 1.807) is 18.2 Å². The van der Waals surface area contributed by atoms with Crippen molar-refractivity contribution < 1.29 is 13.2 Å². The maximum absolute atomic E-state index is 12.6. The molecule has 0 unspecified atom stereocenters. The Hall–Kier alpha value is -2.34. The average molecular weight is 344 g/mol. The Labute approximate surface area is 142 Å². The summed E-state index contributed by atoms with van der Waals surface area (Å²) >= 11 is 0. The van der Waals surface area contributed by atoms with Gasteiger partial charge in [0.05, 0.1) is 10.6 Å². The van der Waals surface area contributed by atoms with Crippen LogP contribution in [0.1, 0.15) is 29.3 Å². The normalized spacial score (nSPS) is 14.2. The van der Waals surface area contributed by atoms with Gasteiger partial charge in [-0.2, -0.15) is 0 Å². The molecule has 0 amide bonds. The summed E-state index contributed by atoms with van der Waals surface area (Å²) in [4.78, 5) is 13.7. The van der Waals surface area contributed by atoms with Crippen LogP contribution in [-0.2, 0) is 16.4 Å². The zero-order valence-electron chi connectivity index (χ0n) is 13.7. The van der Waals surface area contributed by atoms with E-state index in [2.05, 4.69) is 9.62 Å². The van der Waals surface area contributed by atoms with Crippen molar-refractivity contribution in [3.8, 4) is 0 Å². The molecule has 126 valence electrons. The van der Waals surface area contributed by atoms with Crippen molar-refractivity contribution >= 4 is 27.2 Å². The maximum Gasteiger partial charge on any atom is 0.261 e. The molecule has 0 saturated carbocycles. The van der Waals surface area contributed by atoms with Crippen molar-refractivity contribution in [1.82, 2.24) is 0 Å². The number of hydrogen-bond donors (Lipinski definition) is 1. The summed E-state index contributed by atoms with van der Waals surface area (Å²) in [6.45, 7) is 2.38. The highest BCUT2D eigenvalue weighted by Gasteiger charge is 2.18. The van der Waals surface area contributed by atoms with Crippen molar-refractivity contribution in [3.63, 3.8) is 0 Å². The van der Waals surface area contributed by atoms with E-state index in [4.69, 9.17) is 0 Å². The highest BCUT2D eigenvalue weighted by atomic mass is 32.2. The van der Waals surface area contributed by atoms with E-state index in [9.17, 15) is 13.2 Å². The molecule has 0 radical (unpaired) electrons. The Morgan fingerprint density at radius 1 is 1.17 bits per heavy atom. The number of fused-ring (bicyclic) bond motifs is 1. The molecule has 0 bridgehead atoms. The Morgan fingerprint density at radius 2 is 1.96 bits per heavy atom. The Bertz CT molecular complexity index is 891. The summed E-state index contributed by atoms with van der Waals surface area (Å²) in [5.74, 6) is -0.164. The summed E-state index contributed by atoms with van der Waals surface area (Å²) in [6, 6.07) is 11.7. The van der Waals surface area contributed by atoms with Crippen molar-refractivity contribution in [2.75, 3.05) is 23.2 Å². The standard InChI is InChI=1S/C18H20N2O3S/c1-13(21)15-5-3-7-17(11-15)24(22,23)19-16-9-8-14-6-4-10-20(2)18(14)12-16/h3,5,7-9,11-12,19H,4,6,10H2,1-2H3. The van der Waals surface area contributed by atoms with E-state index >= 15 is 0 Å². The Balaban J connectivity index is 1.91. The maximum atomic E-state index is 12.6. The summed E-state index contributed by atoms with van der Waals surface area (Å²) in [6.07, 6.45) is 2.11. The monoisotopic (exact) mass is 344 g/mol. The van der Waals surface area contributed by atoms with Crippen molar-refractivity contribution in [2.45, 2.75) is 24.7 Å². The number of ketones is 1. The fourth-order valence-corrected chi connectivity index (χ4v) is 4.01. The van der Waals surface area contributed by atoms with Crippen LogP contribution in [0.3, 0.4) is 0 Å². The molecule has 1 N–H and O–H groups in total. The lowest BCUT2D eigenvalue weighted by molar-refractivity contribution is 0.101. The van der Waals surface area contributed by atoms with Crippen LogP contribution in [0.25, 0.3) is 0 Å². The molecule has 0 spiro atoms. The first-order chi connectivity index (χ1) is 11.4. The van der Waals surface area contributed by atoms with Crippen molar-refractivity contribution in [1.29, 1.82) is 0 Å². The molecule has 1 heterocycles. The number of aryl methyl sites for hydroxylation is 1. The third-order valence-corrected chi connectivity index (χ3v) is 5.62. The van der Waals surface area contributed by atoms with Crippen LogP contribution in [0.2, 0.25) is 0 Å². The Kier molecular flexibility index (Phi) is 4.32. The molecular formula is C18H20N2O3S. The van der Waals surface area contributed by atoms with Gasteiger partial charge in [0.25, 0.3) is 10.0 Å². The fourth-order valence-electron chi connectivity index (χ4n) is 2.92. The first-order valence-electron chi connectivity index (χ1n) is 7.85. The number of carbonyl (C=O) groups is 1. The number of sulfonamides is 1. The third-order valence-electron chi connectivity index (χ3n) is 4.24. The lowest BCUT2D eigenvalue weighted by Crippen LogP contribution is -2.25. The summed E-state index contributed by atoms with van der Waals surface area (Å²) in [7, 11) is -1.73. The molecule has 1 aliphatic heterocycles. The van der Waals surface area contributed by atoms with E-state index in [1.807, 2.05) is 19.2 Å². The molecule has 0 atom stereocenters. The van der Waals surface area contributed by atoms with Crippen LogP contribution in [0.5, 0.6) is 0 Å². The van der Waals surface area contributed by atoms with E-state index in [0.29, 0.717) is 11.3 Å². The predicted molar refractivity (Wildman–Crippen MR) is 95.3 cm³/mol. The van der Waals surface area contributed by atoms with E-state index in [1.165, 1.54) is 24.6 Å². The second kappa shape index (κ2) is 6.28. The molecule has 1 aliphatic rings. The second-order valence-electron chi connectivity index (χ2n) is 6.06. The molecule has 0 fully saturated rings. The number of nitrogens with one attached hydrogen (secondary N) is 1. The molecule has 2 aromatic rings. The molecule has 2 aromatic carbocycles. The predicted octanol–water partition coefficient (Wildman–Crippen LogP) is 3.07. The van der Waals surface area contributed by atoms with Gasteiger partial charge in [-0.15, -0.1) is 0 Å². The van der Waals surface area contributed by atoms with Crippen LogP contribution in [0.15, 0.2) is 47.4 Å². The van der Waals surface area contributed by atoms with E-state index in [-0.39, 0.29) is 10.7 Å². The number of benzene rings is 2. The van der Waals surface area contributed by atoms with Gasteiger partial charge in [0.15, 0.2) is 5.78 Å². The first-order valence-corrected chi connectivity index (χ1v) is 9.33. The van der Waals surface area contributed by atoms with Gasteiger partial charge in [0.2, 0.25) is 0 Å². The SMILES string of the molecule is CC(=O)c1cccc(S(=O)(=O)Nc2ccc3c(c2)N(C)CCC3)c1. The first kappa shape index (κ1) is 16.5. The average Bonchev–Trinajstić information content (AvgIpc) is 2.55. The summed E-state index contributed by atoms with van der Waals surface area (Å²) in [5.41, 5.74) is 3.18. The molecule has 0 aromatic heterocycles. The zero-order valence-corrected chi connectivity index (χ0v) is 14.6. The lowest BCUT2D eigenvalue weighted by atomic mass is 10.0. The number of hydrogen-bond acceptors (Lipinski definition) is 4. The van der Waals surface area contributed by atoms with Gasteiger partial charge in [-0.3, -0.25) is 9.52 Å². The van der Waals surface area contributed by atoms with Gasteiger partial charge in [-0.1, -0.05) is 18.2 Å². The molecule has 5 nitrogen and oxygen atoms in total. The van der Waals surface area contributed by atoms with Crippen molar-refractivity contribution in [3.05, 3.63) is 53.6 Å². The zero-order chi connectivity index (χ0) is 17.3. The van der Waals surface area contributed by atoms with Crippen LogP contribution < -0.4 is 9.62 Å². The molecule has 24 heavy (non-hydrogen) atoms. The molecule has 0 saturated heterocycles. The van der Waals surface area contributed by atoms with Gasteiger partial charge in [-0.25, -0.2) is 8.42 Å². The van der Waals surface area contributed by atoms with Crippen LogP contribution in [0, 0.1) is 0 Å². The third kappa shape index (κ3) is 3.28. The van der Waals surface area contributed by atoms with Crippen LogP contribution in [-0.4, -0.2) is 27.8 Å². The number of nitrogens with zero attached hydrogens (tertiary/aromatic N) is 1. The number of Topliss-reactive ketones (excluding diaryl/α,β-unsaturated/α-hetero) is 1. The van der Waals surface area contributed by atoms with Crippen LogP contribution in [0.4, 0.5) is 11.4 Å². The van der Waals surface area contributed by atoms with E-state index < -0.39 is 10.0 Å². The smallest absolute Gasteiger partial charge is 0.261 e. The fraction of sp³-hybridized carbons (Fsp3) is 0.278. The largest absolute Gasteiger partial charge is 0.374 e. The van der Waals surface area contributed by atoms with E-state index in [0.717, 1.165) is 25.1 Å². The minimum absolute atomic E-state index is 0.0845. The van der Waals surface area contributed by atoms with Gasteiger partial charge in [-0.05, 0) is 49.6 Å². The lowest BCUT2D eigenvalue weighted by Gasteiger charge is -2.28. The van der Waals surface area contributed by atoms with Crippen LogP contribution >= 0.6 is 0 Å². The molecule has 3 rings (SSSR count). The molecular weight excluding hydrogens is 324 g/mol. The number of anilines is 2. The molecule has 6 heteroatoms. The van der Waals surface area contributed by atoms with Crippen molar-refractivity contribution in [2.24, 2.45) is 0 Å². The number of rotatable bonds is 4.